The van der Waals surface area contributed by atoms with Crippen molar-refractivity contribution in [3.05, 3.63) is 17.5 Å². The van der Waals surface area contributed by atoms with Crippen LogP contribution >= 0.6 is 11.3 Å². The number of thiazole rings is 1. The first-order valence-corrected chi connectivity index (χ1v) is 5.90. The molecule has 1 heterocycles. The maximum atomic E-state index is 11.6. The lowest BCUT2D eigenvalue weighted by molar-refractivity contribution is 0.0962. The molecule has 5 nitrogen and oxygen atoms in total. The summed E-state index contributed by atoms with van der Waals surface area (Å²) in [6.45, 7) is 6.83. The maximum Gasteiger partial charge on any atom is 0.265 e. The molecule has 0 radical (unpaired) electrons. The number of nitrogens with zero attached hydrogens (tertiary/aromatic N) is 1. The normalized spacial score (nSPS) is 9.81. The summed E-state index contributed by atoms with van der Waals surface area (Å²) in [7, 11) is 0. The number of nitrogens with two attached hydrogens (primary N) is 1. The minimum absolute atomic E-state index is 0.209. The molecule has 6 heteroatoms. The Bertz CT molecular complexity index is 375. The molecule has 1 aromatic rings. The number of anilines is 2. The summed E-state index contributed by atoms with van der Waals surface area (Å²) in [4.78, 5) is 16.1. The summed E-state index contributed by atoms with van der Waals surface area (Å²) in [5, 5.41) is 6.44. The van der Waals surface area contributed by atoms with Gasteiger partial charge >= 0.3 is 0 Å². The molecule has 0 atom stereocenters. The molecule has 88 valence electrons. The Kier molecular flexibility index (Phi) is 4.78. The molecule has 4 N–H and O–H groups in total. The summed E-state index contributed by atoms with van der Waals surface area (Å²) < 4.78 is 0. The van der Waals surface area contributed by atoms with Crippen LogP contribution in [0.5, 0.6) is 0 Å². The SMILES string of the molecule is C=CCNC(=O)c1sc(NCCC)nc1N. The molecule has 0 bridgehead atoms. The highest BCUT2D eigenvalue weighted by Gasteiger charge is 2.14. The minimum Gasteiger partial charge on any atom is -0.382 e. The van der Waals surface area contributed by atoms with Crippen LogP contribution in [-0.2, 0) is 0 Å². The highest BCUT2D eigenvalue weighted by Crippen LogP contribution is 2.24. The van der Waals surface area contributed by atoms with Crippen LogP contribution in [0.1, 0.15) is 23.0 Å². The Morgan fingerprint density at radius 1 is 1.69 bits per heavy atom. The molecule has 0 unspecified atom stereocenters. The number of nitrogens with one attached hydrogen (secondary N) is 2. The summed E-state index contributed by atoms with van der Waals surface area (Å²) >= 11 is 1.26. The second kappa shape index (κ2) is 6.12. The van der Waals surface area contributed by atoms with Gasteiger partial charge in [-0.05, 0) is 6.42 Å². The average Bonchev–Trinajstić information content (AvgIpc) is 2.64. The van der Waals surface area contributed by atoms with Crippen LogP contribution in [0.15, 0.2) is 12.7 Å². The molecule has 0 aliphatic carbocycles. The van der Waals surface area contributed by atoms with Gasteiger partial charge in [-0.25, -0.2) is 4.98 Å². The van der Waals surface area contributed by atoms with Crippen molar-refractivity contribution >= 4 is 28.2 Å². The fourth-order valence-electron chi connectivity index (χ4n) is 1.05. The molecule has 16 heavy (non-hydrogen) atoms. The molecule has 0 aromatic carbocycles. The lowest BCUT2D eigenvalue weighted by Crippen LogP contribution is -2.23. The Labute approximate surface area is 98.8 Å². The zero-order valence-corrected chi connectivity index (χ0v) is 10.1. The van der Waals surface area contributed by atoms with Gasteiger partial charge in [-0.15, -0.1) is 6.58 Å². The smallest absolute Gasteiger partial charge is 0.265 e. The Balaban J connectivity index is 2.68. The first-order chi connectivity index (χ1) is 7.69. The van der Waals surface area contributed by atoms with Crippen molar-refractivity contribution in [1.82, 2.24) is 10.3 Å². The van der Waals surface area contributed by atoms with Crippen LogP contribution in [0.4, 0.5) is 10.9 Å². The van der Waals surface area contributed by atoms with Crippen molar-refractivity contribution in [3.8, 4) is 0 Å². The summed E-state index contributed by atoms with van der Waals surface area (Å²) in [6.07, 6.45) is 2.61. The molecule has 0 aliphatic heterocycles. The van der Waals surface area contributed by atoms with Crippen molar-refractivity contribution in [2.24, 2.45) is 0 Å². The van der Waals surface area contributed by atoms with Crippen LogP contribution in [-0.4, -0.2) is 24.0 Å². The molecule has 0 spiro atoms. The second-order valence-corrected chi connectivity index (χ2v) is 4.16. The van der Waals surface area contributed by atoms with E-state index in [1.807, 2.05) is 0 Å². The molecule has 1 rings (SSSR count). The van der Waals surface area contributed by atoms with Gasteiger partial charge in [-0.1, -0.05) is 24.3 Å². The molecule has 0 saturated carbocycles. The fraction of sp³-hybridized carbons (Fsp3) is 0.400. The van der Waals surface area contributed by atoms with E-state index in [9.17, 15) is 4.79 Å². The first kappa shape index (κ1) is 12.5. The standard InChI is InChI=1S/C10H16N4OS/c1-3-5-12-9(15)7-8(11)14-10(16-7)13-6-4-2/h3H,1,4-6,11H2,2H3,(H,12,15)(H,13,14). The van der Waals surface area contributed by atoms with Crippen molar-refractivity contribution < 1.29 is 4.79 Å². The van der Waals surface area contributed by atoms with Crippen molar-refractivity contribution in [3.63, 3.8) is 0 Å². The number of nitrogen functional groups attached to an aromatic ring is 1. The number of amides is 1. The van der Waals surface area contributed by atoms with Gasteiger partial charge in [0.2, 0.25) is 0 Å². The zero-order valence-electron chi connectivity index (χ0n) is 9.25. The number of hydrogen-bond donors (Lipinski definition) is 3. The van der Waals surface area contributed by atoms with E-state index in [-0.39, 0.29) is 11.7 Å². The Morgan fingerprint density at radius 3 is 3.06 bits per heavy atom. The van der Waals surface area contributed by atoms with E-state index in [1.165, 1.54) is 11.3 Å². The van der Waals surface area contributed by atoms with Gasteiger partial charge in [0.05, 0.1) is 0 Å². The average molecular weight is 240 g/mol. The molecule has 1 aromatic heterocycles. The number of rotatable bonds is 6. The van der Waals surface area contributed by atoms with Gasteiger partial charge in [-0.2, -0.15) is 0 Å². The van der Waals surface area contributed by atoms with E-state index in [1.54, 1.807) is 6.08 Å². The van der Waals surface area contributed by atoms with Crippen LogP contribution in [0.25, 0.3) is 0 Å². The van der Waals surface area contributed by atoms with E-state index in [0.29, 0.717) is 16.6 Å². The van der Waals surface area contributed by atoms with Crippen molar-refractivity contribution in [2.75, 3.05) is 24.1 Å². The second-order valence-electron chi connectivity index (χ2n) is 3.16. The third kappa shape index (κ3) is 3.23. The molecular formula is C10H16N4OS. The topological polar surface area (TPSA) is 80.0 Å². The van der Waals surface area contributed by atoms with E-state index >= 15 is 0 Å². The summed E-state index contributed by atoms with van der Waals surface area (Å²) in [5.74, 6) is 0.0598. The third-order valence-corrected chi connectivity index (χ3v) is 2.82. The molecule has 1 amide bonds. The summed E-state index contributed by atoms with van der Waals surface area (Å²) in [6, 6.07) is 0. The lowest BCUT2D eigenvalue weighted by atomic mass is 10.4. The number of carbonyl (C=O) groups is 1. The molecule has 0 fully saturated rings. The molecule has 0 aliphatic rings. The van der Waals surface area contributed by atoms with Crippen molar-refractivity contribution in [2.45, 2.75) is 13.3 Å². The highest BCUT2D eigenvalue weighted by atomic mass is 32.1. The van der Waals surface area contributed by atoms with E-state index in [0.717, 1.165) is 13.0 Å². The Hall–Kier alpha value is -1.56. The number of carbonyl (C=O) groups excluding carboxylic acids is 1. The summed E-state index contributed by atoms with van der Waals surface area (Å²) in [5.41, 5.74) is 5.66. The van der Waals surface area contributed by atoms with Gasteiger partial charge in [0.25, 0.3) is 5.91 Å². The van der Waals surface area contributed by atoms with Crippen LogP contribution < -0.4 is 16.4 Å². The van der Waals surface area contributed by atoms with Gasteiger partial charge in [-0.3, -0.25) is 4.79 Å². The quantitative estimate of drug-likeness (QED) is 0.658. The van der Waals surface area contributed by atoms with Gasteiger partial charge in [0.15, 0.2) is 5.13 Å². The predicted molar refractivity (Wildman–Crippen MR) is 67.8 cm³/mol. The monoisotopic (exact) mass is 240 g/mol. The first-order valence-electron chi connectivity index (χ1n) is 5.08. The van der Waals surface area contributed by atoms with E-state index in [2.05, 4.69) is 29.1 Å². The van der Waals surface area contributed by atoms with Gasteiger partial charge in [0, 0.05) is 13.1 Å². The van der Waals surface area contributed by atoms with E-state index < -0.39 is 0 Å². The highest BCUT2D eigenvalue weighted by molar-refractivity contribution is 7.18. The largest absolute Gasteiger partial charge is 0.382 e. The lowest BCUT2D eigenvalue weighted by Gasteiger charge is -1.98. The van der Waals surface area contributed by atoms with Crippen LogP contribution in [0.2, 0.25) is 0 Å². The third-order valence-electron chi connectivity index (χ3n) is 1.79. The van der Waals surface area contributed by atoms with E-state index in [4.69, 9.17) is 5.73 Å². The predicted octanol–water partition coefficient (Wildman–Crippen LogP) is 1.46. The Morgan fingerprint density at radius 2 is 2.44 bits per heavy atom. The number of aromatic nitrogens is 1. The van der Waals surface area contributed by atoms with Crippen LogP contribution in [0, 0.1) is 0 Å². The fourth-order valence-corrected chi connectivity index (χ4v) is 1.87. The van der Waals surface area contributed by atoms with Gasteiger partial charge < -0.3 is 16.4 Å². The van der Waals surface area contributed by atoms with Crippen molar-refractivity contribution in [1.29, 1.82) is 0 Å². The van der Waals surface area contributed by atoms with Crippen LogP contribution in [0.3, 0.4) is 0 Å². The maximum absolute atomic E-state index is 11.6. The zero-order chi connectivity index (χ0) is 12.0. The molecule has 0 saturated heterocycles. The van der Waals surface area contributed by atoms with Gasteiger partial charge in [0.1, 0.15) is 10.7 Å². The molecular weight excluding hydrogens is 224 g/mol. The minimum atomic E-state index is -0.209. The number of hydrogen-bond acceptors (Lipinski definition) is 5.